The van der Waals surface area contributed by atoms with Gasteiger partial charge in [-0.3, -0.25) is 4.79 Å². The number of piperazine rings is 1. The van der Waals surface area contributed by atoms with Crippen molar-refractivity contribution in [2.45, 2.75) is 18.9 Å². The highest BCUT2D eigenvalue weighted by Crippen LogP contribution is 2.26. The number of carbonyl (C=O) groups excluding carboxylic acids is 1. The minimum absolute atomic E-state index is 0. The second-order valence-electron chi connectivity index (χ2n) is 6.74. The number of amides is 1. The van der Waals surface area contributed by atoms with Crippen LogP contribution in [0.3, 0.4) is 0 Å². The number of aromatic nitrogens is 2. The highest BCUT2D eigenvalue weighted by Gasteiger charge is 2.29. The second-order valence-corrected chi connectivity index (χ2v) is 7.18. The van der Waals surface area contributed by atoms with Gasteiger partial charge < -0.3 is 15.1 Å². The largest absolute Gasteiger partial charge is 0.355 e. The van der Waals surface area contributed by atoms with E-state index in [9.17, 15) is 4.79 Å². The van der Waals surface area contributed by atoms with Crippen LogP contribution in [-0.4, -0.2) is 53.7 Å². The number of hydrogen-bond donors (Lipinski definition) is 1. The van der Waals surface area contributed by atoms with Crippen LogP contribution in [0.5, 0.6) is 0 Å². The summed E-state index contributed by atoms with van der Waals surface area (Å²) in [5.74, 6) is 0.766. The third kappa shape index (κ3) is 4.87. The molecule has 2 aromatic rings. The lowest BCUT2D eigenvalue weighted by atomic mass is 10.0. The summed E-state index contributed by atoms with van der Waals surface area (Å²) >= 11 is 6.14. The Kier molecular flexibility index (Phi) is 8.31. The molecule has 2 aliphatic heterocycles. The average molecular weight is 445 g/mol. The first-order valence-corrected chi connectivity index (χ1v) is 9.46. The highest BCUT2D eigenvalue weighted by atomic mass is 35.5. The molecule has 1 atom stereocenters. The standard InChI is InChI=1S/C19H22ClN5O.2ClH/c20-15-5-3-4-14(12-15)17-13-21-8-11-25(17)19(26)16-6-7-18(23-22-16)24-9-1-2-10-24;;/h3-7,12,17,21H,1-2,8-11,13H2;2*1H. The van der Waals surface area contributed by atoms with Crippen LogP contribution in [0.4, 0.5) is 5.82 Å². The van der Waals surface area contributed by atoms with Crippen molar-refractivity contribution < 1.29 is 4.79 Å². The Hall–Kier alpha value is -1.60. The fraction of sp³-hybridized carbons (Fsp3) is 0.421. The van der Waals surface area contributed by atoms with E-state index in [1.165, 1.54) is 12.8 Å². The SMILES string of the molecule is Cl.Cl.O=C(c1ccc(N2CCCC2)nn1)N1CCNCC1c1cccc(Cl)c1. The van der Waals surface area contributed by atoms with Gasteiger partial charge >= 0.3 is 0 Å². The number of nitrogens with one attached hydrogen (secondary N) is 1. The molecule has 0 bridgehead atoms. The van der Waals surface area contributed by atoms with Crippen molar-refractivity contribution in [3.8, 4) is 0 Å². The molecule has 0 spiro atoms. The number of rotatable bonds is 3. The number of anilines is 1. The maximum absolute atomic E-state index is 13.1. The molecule has 3 heterocycles. The van der Waals surface area contributed by atoms with Gasteiger partial charge in [0.25, 0.3) is 5.91 Å². The molecule has 6 nitrogen and oxygen atoms in total. The van der Waals surface area contributed by atoms with Crippen LogP contribution in [0, 0.1) is 0 Å². The summed E-state index contributed by atoms with van der Waals surface area (Å²) in [6.45, 7) is 4.12. The topological polar surface area (TPSA) is 61.4 Å². The van der Waals surface area contributed by atoms with Crippen LogP contribution in [0.2, 0.25) is 5.02 Å². The van der Waals surface area contributed by atoms with Gasteiger partial charge in [-0.25, -0.2) is 0 Å². The van der Waals surface area contributed by atoms with Crippen LogP contribution in [-0.2, 0) is 0 Å². The number of hydrogen-bond acceptors (Lipinski definition) is 5. The van der Waals surface area contributed by atoms with Gasteiger partial charge in [-0.1, -0.05) is 23.7 Å². The second kappa shape index (κ2) is 10.3. The summed E-state index contributed by atoms with van der Waals surface area (Å²) in [5, 5.41) is 12.5. The molecule has 2 saturated heterocycles. The number of nitrogens with zero attached hydrogens (tertiary/aromatic N) is 4. The van der Waals surface area contributed by atoms with E-state index in [1.54, 1.807) is 6.07 Å². The summed E-state index contributed by atoms with van der Waals surface area (Å²) < 4.78 is 0. The Balaban J connectivity index is 0.00000140. The summed E-state index contributed by atoms with van der Waals surface area (Å²) in [5.41, 5.74) is 1.42. The first kappa shape index (κ1) is 22.7. The van der Waals surface area contributed by atoms with Gasteiger partial charge in [0.1, 0.15) is 0 Å². The van der Waals surface area contributed by atoms with Crippen molar-refractivity contribution in [1.29, 1.82) is 0 Å². The van der Waals surface area contributed by atoms with E-state index in [0.717, 1.165) is 31.0 Å². The minimum Gasteiger partial charge on any atom is -0.355 e. The predicted molar refractivity (Wildman–Crippen MR) is 116 cm³/mol. The van der Waals surface area contributed by atoms with Crippen molar-refractivity contribution in [2.75, 3.05) is 37.6 Å². The van der Waals surface area contributed by atoms with E-state index in [0.29, 0.717) is 23.8 Å². The summed E-state index contributed by atoms with van der Waals surface area (Å²) in [6.07, 6.45) is 2.37. The quantitative estimate of drug-likeness (QED) is 0.786. The maximum atomic E-state index is 13.1. The van der Waals surface area contributed by atoms with Gasteiger partial charge in [0.15, 0.2) is 11.5 Å². The third-order valence-corrected chi connectivity index (χ3v) is 5.27. The van der Waals surface area contributed by atoms with E-state index in [1.807, 2.05) is 35.2 Å². The van der Waals surface area contributed by atoms with Crippen molar-refractivity contribution >= 4 is 48.1 Å². The van der Waals surface area contributed by atoms with Crippen molar-refractivity contribution in [2.24, 2.45) is 0 Å². The van der Waals surface area contributed by atoms with Crippen molar-refractivity contribution in [1.82, 2.24) is 20.4 Å². The Morgan fingerprint density at radius 2 is 1.86 bits per heavy atom. The van der Waals surface area contributed by atoms with Crippen LogP contribution < -0.4 is 10.2 Å². The molecule has 2 aliphatic rings. The number of benzene rings is 1. The molecule has 0 saturated carbocycles. The highest BCUT2D eigenvalue weighted by molar-refractivity contribution is 6.30. The van der Waals surface area contributed by atoms with E-state index in [-0.39, 0.29) is 36.8 Å². The lowest BCUT2D eigenvalue weighted by Crippen LogP contribution is -2.48. The number of halogens is 3. The van der Waals surface area contributed by atoms with Crippen LogP contribution >= 0.6 is 36.4 Å². The van der Waals surface area contributed by atoms with Crippen LogP contribution in [0.25, 0.3) is 0 Å². The fourth-order valence-electron chi connectivity index (χ4n) is 3.66. The van der Waals surface area contributed by atoms with E-state index < -0.39 is 0 Å². The van der Waals surface area contributed by atoms with Gasteiger partial charge in [-0.15, -0.1) is 35.0 Å². The first-order chi connectivity index (χ1) is 12.7. The normalized spacial score (nSPS) is 19.0. The molecule has 0 aliphatic carbocycles. The zero-order valence-corrected chi connectivity index (χ0v) is 17.8. The van der Waals surface area contributed by atoms with E-state index in [4.69, 9.17) is 11.6 Å². The molecule has 1 amide bonds. The molecule has 0 radical (unpaired) electrons. The Bertz CT molecular complexity index is 783. The Morgan fingerprint density at radius 1 is 1.07 bits per heavy atom. The minimum atomic E-state index is -0.0862. The molecule has 152 valence electrons. The van der Waals surface area contributed by atoms with Gasteiger partial charge in [0, 0.05) is 37.7 Å². The van der Waals surface area contributed by atoms with E-state index >= 15 is 0 Å². The van der Waals surface area contributed by atoms with Gasteiger partial charge in [0.2, 0.25) is 0 Å². The van der Waals surface area contributed by atoms with E-state index in [2.05, 4.69) is 20.4 Å². The lowest BCUT2D eigenvalue weighted by Gasteiger charge is -2.36. The molecule has 28 heavy (non-hydrogen) atoms. The smallest absolute Gasteiger partial charge is 0.274 e. The Labute approximate surface area is 182 Å². The number of carbonyl (C=O) groups is 1. The summed E-state index contributed by atoms with van der Waals surface area (Å²) in [6, 6.07) is 11.3. The monoisotopic (exact) mass is 443 g/mol. The predicted octanol–water partition coefficient (Wildman–Crippen LogP) is 3.36. The summed E-state index contributed by atoms with van der Waals surface area (Å²) in [7, 11) is 0. The molecule has 1 unspecified atom stereocenters. The zero-order chi connectivity index (χ0) is 17.9. The Morgan fingerprint density at radius 3 is 2.54 bits per heavy atom. The van der Waals surface area contributed by atoms with Crippen LogP contribution in [0.15, 0.2) is 36.4 Å². The molecule has 1 aromatic heterocycles. The molecule has 4 rings (SSSR count). The molecular formula is C19H24Cl3N5O. The molecule has 1 N–H and O–H groups in total. The maximum Gasteiger partial charge on any atom is 0.274 e. The molecular weight excluding hydrogens is 421 g/mol. The fourth-order valence-corrected chi connectivity index (χ4v) is 3.86. The lowest BCUT2D eigenvalue weighted by molar-refractivity contribution is 0.0627. The van der Waals surface area contributed by atoms with Crippen molar-refractivity contribution in [3.05, 3.63) is 52.7 Å². The molecule has 9 heteroatoms. The van der Waals surface area contributed by atoms with Gasteiger partial charge in [-0.05, 0) is 42.7 Å². The average Bonchev–Trinajstić information content (AvgIpc) is 3.22. The van der Waals surface area contributed by atoms with Crippen molar-refractivity contribution in [3.63, 3.8) is 0 Å². The summed E-state index contributed by atoms with van der Waals surface area (Å²) in [4.78, 5) is 17.1. The van der Waals surface area contributed by atoms with Gasteiger partial charge in [-0.2, -0.15) is 0 Å². The molecule has 1 aromatic carbocycles. The third-order valence-electron chi connectivity index (χ3n) is 5.04. The van der Waals surface area contributed by atoms with Crippen LogP contribution in [0.1, 0.15) is 34.9 Å². The zero-order valence-electron chi connectivity index (χ0n) is 15.4. The van der Waals surface area contributed by atoms with Gasteiger partial charge in [0.05, 0.1) is 6.04 Å². The first-order valence-electron chi connectivity index (χ1n) is 9.08. The molecule has 2 fully saturated rings.